The second-order valence-corrected chi connectivity index (χ2v) is 6.67. The summed E-state index contributed by atoms with van der Waals surface area (Å²) in [5.41, 5.74) is 6.14. The highest BCUT2D eigenvalue weighted by molar-refractivity contribution is 5.78. The lowest BCUT2D eigenvalue weighted by Crippen LogP contribution is -2.09. The van der Waals surface area contributed by atoms with Crippen LogP contribution in [0, 0.1) is 11.3 Å². The number of hydrogen-bond donors (Lipinski definition) is 0. The van der Waals surface area contributed by atoms with Gasteiger partial charge in [-0.25, -0.2) is 0 Å². The van der Waals surface area contributed by atoms with Crippen molar-refractivity contribution in [1.82, 2.24) is 0 Å². The maximum absolute atomic E-state index is 9.09. The van der Waals surface area contributed by atoms with Crippen molar-refractivity contribution in [3.8, 4) is 6.07 Å². The summed E-state index contributed by atoms with van der Waals surface area (Å²) in [6, 6.07) is 38.8. The van der Waals surface area contributed by atoms with Crippen LogP contribution in [0.3, 0.4) is 0 Å². The van der Waals surface area contributed by atoms with Crippen molar-refractivity contribution >= 4 is 29.2 Å². The zero-order valence-corrected chi connectivity index (χ0v) is 15.9. The van der Waals surface area contributed by atoms with Crippen LogP contribution in [0.2, 0.25) is 0 Å². The maximum Gasteiger partial charge on any atom is 0.0991 e. The lowest BCUT2D eigenvalue weighted by molar-refractivity contribution is 1.28. The van der Waals surface area contributed by atoms with Gasteiger partial charge in [0.1, 0.15) is 0 Å². The van der Waals surface area contributed by atoms with Gasteiger partial charge in [0.25, 0.3) is 0 Å². The Morgan fingerprint density at radius 1 is 0.517 bits per heavy atom. The molecule has 4 aromatic rings. The average molecular weight is 372 g/mol. The fraction of sp³-hybridized carbons (Fsp3) is 0. The first-order chi connectivity index (χ1) is 14.3. The summed E-state index contributed by atoms with van der Waals surface area (Å²) in [5, 5.41) is 9.09. The number of nitriles is 1. The van der Waals surface area contributed by atoms with E-state index < -0.39 is 0 Å². The molecule has 4 aromatic carbocycles. The van der Waals surface area contributed by atoms with Crippen molar-refractivity contribution in [3.05, 3.63) is 126 Å². The Labute approximate surface area is 171 Å². The molecule has 0 spiro atoms. The van der Waals surface area contributed by atoms with Crippen molar-refractivity contribution in [1.29, 1.82) is 5.26 Å². The van der Waals surface area contributed by atoms with Crippen molar-refractivity contribution in [2.24, 2.45) is 0 Å². The zero-order chi connectivity index (χ0) is 19.9. The molecule has 0 aliphatic carbocycles. The van der Waals surface area contributed by atoms with Crippen LogP contribution in [0.5, 0.6) is 0 Å². The van der Waals surface area contributed by atoms with Crippen molar-refractivity contribution in [2.75, 3.05) is 4.90 Å². The van der Waals surface area contributed by atoms with Gasteiger partial charge >= 0.3 is 0 Å². The van der Waals surface area contributed by atoms with Crippen LogP contribution in [0.15, 0.2) is 109 Å². The Bertz CT molecular complexity index is 1120. The van der Waals surface area contributed by atoms with Crippen molar-refractivity contribution < 1.29 is 0 Å². The van der Waals surface area contributed by atoms with Crippen LogP contribution < -0.4 is 4.90 Å². The van der Waals surface area contributed by atoms with E-state index in [2.05, 4.69) is 71.7 Å². The standard InChI is InChI=1S/C27H20N2/c28-21-24-15-19-27(20-16-24)29(25-9-5-2-6-10-25)26-17-13-23(14-18-26)12-11-22-7-3-1-4-8-22/h1-20H. The molecule has 0 heterocycles. The molecule has 0 aliphatic rings. The fourth-order valence-electron chi connectivity index (χ4n) is 3.20. The van der Waals surface area contributed by atoms with Gasteiger partial charge in [0.05, 0.1) is 11.6 Å². The molecular formula is C27H20N2. The monoisotopic (exact) mass is 372 g/mol. The Kier molecular flexibility index (Phi) is 5.50. The van der Waals surface area contributed by atoms with Crippen LogP contribution in [0.25, 0.3) is 12.2 Å². The van der Waals surface area contributed by atoms with Crippen LogP contribution >= 0.6 is 0 Å². The summed E-state index contributed by atoms with van der Waals surface area (Å²) in [6.07, 6.45) is 4.23. The van der Waals surface area contributed by atoms with E-state index in [1.54, 1.807) is 0 Å². The van der Waals surface area contributed by atoms with E-state index in [0.29, 0.717) is 5.56 Å². The highest BCUT2D eigenvalue weighted by Crippen LogP contribution is 2.34. The van der Waals surface area contributed by atoms with Crippen molar-refractivity contribution in [2.45, 2.75) is 0 Å². The molecule has 138 valence electrons. The highest BCUT2D eigenvalue weighted by Gasteiger charge is 2.11. The van der Waals surface area contributed by atoms with E-state index in [4.69, 9.17) is 5.26 Å². The normalized spacial score (nSPS) is 10.6. The molecule has 0 aliphatic heterocycles. The number of benzene rings is 4. The third-order valence-electron chi connectivity index (χ3n) is 4.69. The zero-order valence-electron chi connectivity index (χ0n) is 15.9. The molecule has 2 heteroatoms. The predicted octanol–water partition coefficient (Wildman–Crippen LogP) is 7.20. The van der Waals surface area contributed by atoms with Gasteiger partial charge in [0.2, 0.25) is 0 Å². The number of rotatable bonds is 5. The highest BCUT2D eigenvalue weighted by atomic mass is 15.1. The first-order valence-corrected chi connectivity index (χ1v) is 9.52. The summed E-state index contributed by atoms with van der Waals surface area (Å²) >= 11 is 0. The molecule has 0 atom stereocenters. The van der Waals surface area contributed by atoms with E-state index in [0.717, 1.165) is 22.6 Å². The van der Waals surface area contributed by atoms with Gasteiger partial charge in [-0.1, -0.05) is 72.8 Å². The molecule has 0 radical (unpaired) electrons. The van der Waals surface area contributed by atoms with Gasteiger partial charge in [-0.15, -0.1) is 0 Å². The molecule has 0 fully saturated rings. The van der Waals surface area contributed by atoms with Crippen molar-refractivity contribution in [3.63, 3.8) is 0 Å². The minimum atomic E-state index is 0.656. The lowest BCUT2D eigenvalue weighted by atomic mass is 10.1. The van der Waals surface area contributed by atoms with E-state index in [9.17, 15) is 0 Å². The van der Waals surface area contributed by atoms with Gasteiger partial charge in [-0.05, 0) is 59.7 Å². The fourth-order valence-corrected chi connectivity index (χ4v) is 3.20. The van der Waals surface area contributed by atoms with Gasteiger partial charge in [0.15, 0.2) is 0 Å². The minimum Gasteiger partial charge on any atom is -0.311 e. The maximum atomic E-state index is 9.09. The molecule has 0 saturated heterocycles. The first-order valence-electron chi connectivity index (χ1n) is 9.52. The van der Waals surface area contributed by atoms with Gasteiger partial charge in [-0.3, -0.25) is 0 Å². The SMILES string of the molecule is N#Cc1ccc(N(c2ccccc2)c2ccc(C=Cc3ccccc3)cc2)cc1. The average Bonchev–Trinajstić information content (AvgIpc) is 2.81. The summed E-state index contributed by atoms with van der Waals surface area (Å²) in [4.78, 5) is 2.19. The van der Waals surface area contributed by atoms with Crippen LogP contribution in [0.4, 0.5) is 17.1 Å². The minimum absolute atomic E-state index is 0.656. The first kappa shape index (κ1) is 18.3. The Morgan fingerprint density at radius 3 is 1.52 bits per heavy atom. The molecule has 0 amide bonds. The molecule has 2 nitrogen and oxygen atoms in total. The second-order valence-electron chi connectivity index (χ2n) is 6.67. The molecule has 0 aromatic heterocycles. The topological polar surface area (TPSA) is 27.0 Å². The van der Waals surface area contributed by atoms with E-state index in [1.807, 2.05) is 60.7 Å². The molecule has 0 bridgehead atoms. The quantitative estimate of drug-likeness (QED) is 0.346. The van der Waals surface area contributed by atoms with Crippen LogP contribution in [0.1, 0.15) is 16.7 Å². The van der Waals surface area contributed by atoms with Crippen LogP contribution in [-0.4, -0.2) is 0 Å². The van der Waals surface area contributed by atoms with E-state index >= 15 is 0 Å². The molecule has 0 saturated carbocycles. The Balaban J connectivity index is 1.66. The summed E-state index contributed by atoms with van der Waals surface area (Å²) in [5.74, 6) is 0. The van der Waals surface area contributed by atoms with E-state index in [1.165, 1.54) is 5.56 Å². The van der Waals surface area contributed by atoms with Gasteiger partial charge in [0, 0.05) is 17.1 Å². The Hall–Kier alpha value is -4.09. The second kappa shape index (κ2) is 8.73. The van der Waals surface area contributed by atoms with E-state index in [-0.39, 0.29) is 0 Å². The number of para-hydroxylation sites is 1. The number of nitrogens with zero attached hydrogens (tertiary/aromatic N) is 2. The molecule has 4 rings (SSSR count). The summed E-state index contributed by atoms with van der Waals surface area (Å²) < 4.78 is 0. The lowest BCUT2D eigenvalue weighted by Gasteiger charge is -2.25. The largest absolute Gasteiger partial charge is 0.311 e. The third-order valence-corrected chi connectivity index (χ3v) is 4.69. The molecule has 0 N–H and O–H groups in total. The number of hydrogen-bond acceptors (Lipinski definition) is 2. The van der Waals surface area contributed by atoms with Gasteiger partial charge in [-0.2, -0.15) is 5.26 Å². The van der Waals surface area contributed by atoms with Crippen LogP contribution in [-0.2, 0) is 0 Å². The summed E-state index contributed by atoms with van der Waals surface area (Å²) in [6.45, 7) is 0. The predicted molar refractivity (Wildman–Crippen MR) is 121 cm³/mol. The molecular weight excluding hydrogens is 352 g/mol. The third kappa shape index (κ3) is 4.43. The Morgan fingerprint density at radius 2 is 0.966 bits per heavy atom. The van der Waals surface area contributed by atoms with Gasteiger partial charge < -0.3 is 4.90 Å². The molecule has 0 unspecified atom stereocenters. The molecule has 29 heavy (non-hydrogen) atoms. The number of anilines is 3. The summed E-state index contributed by atoms with van der Waals surface area (Å²) in [7, 11) is 0. The smallest absolute Gasteiger partial charge is 0.0991 e.